The van der Waals surface area contributed by atoms with E-state index in [0.29, 0.717) is 13.0 Å². The largest absolute Gasteiger partial charge is 0.378 e. The maximum absolute atomic E-state index is 11.9. The van der Waals surface area contributed by atoms with Crippen molar-refractivity contribution in [2.75, 3.05) is 6.61 Å². The molecule has 1 saturated carbocycles. The van der Waals surface area contributed by atoms with Gasteiger partial charge >= 0.3 is 0 Å². The lowest BCUT2D eigenvalue weighted by Gasteiger charge is -2.35. The van der Waals surface area contributed by atoms with Gasteiger partial charge in [0.2, 0.25) is 5.91 Å². The van der Waals surface area contributed by atoms with Crippen LogP contribution in [0.15, 0.2) is 0 Å². The Labute approximate surface area is 116 Å². The molecule has 1 aliphatic carbocycles. The van der Waals surface area contributed by atoms with E-state index in [4.69, 9.17) is 4.74 Å². The zero-order chi connectivity index (χ0) is 14.3. The molecule has 0 aromatic carbocycles. The Hall–Kier alpha value is -1.08. The molecule has 0 bridgehead atoms. The Balaban J connectivity index is 2.45. The number of amides is 1. The second-order valence-electron chi connectivity index (χ2n) is 5.87. The summed E-state index contributed by atoms with van der Waals surface area (Å²) in [6.07, 6.45) is 6.09. The zero-order valence-corrected chi connectivity index (χ0v) is 12.4. The maximum Gasteiger partial charge on any atom is 0.223 e. The van der Waals surface area contributed by atoms with E-state index in [0.717, 1.165) is 25.7 Å². The molecule has 0 aromatic heterocycles. The second kappa shape index (κ2) is 7.49. The second-order valence-corrected chi connectivity index (χ2v) is 5.87. The molecule has 0 spiro atoms. The summed E-state index contributed by atoms with van der Waals surface area (Å²) in [5.41, 5.74) is -0.727. The maximum atomic E-state index is 11.9. The Morgan fingerprint density at radius 2 is 2.05 bits per heavy atom. The molecule has 0 heterocycles. The Bertz CT molecular complexity index is 330. The third-order valence-electron chi connectivity index (χ3n) is 3.83. The molecule has 108 valence electrons. The van der Waals surface area contributed by atoms with E-state index in [1.807, 2.05) is 20.8 Å². The van der Waals surface area contributed by atoms with Gasteiger partial charge in [0.15, 0.2) is 0 Å². The van der Waals surface area contributed by atoms with Crippen LogP contribution < -0.4 is 5.32 Å². The molecule has 1 rings (SSSR count). The van der Waals surface area contributed by atoms with Gasteiger partial charge in [-0.25, -0.2) is 0 Å². The number of nitrogens with zero attached hydrogens (tertiary/aromatic N) is 1. The molecule has 1 aliphatic rings. The van der Waals surface area contributed by atoms with Gasteiger partial charge in [-0.15, -0.1) is 0 Å². The molecule has 19 heavy (non-hydrogen) atoms. The first kappa shape index (κ1) is 16.0. The highest BCUT2D eigenvalue weighted by Gasteiger charge is 2.36. The monoisotopic (exact) mass is 266 g/mol. The highest BCUT2D eigenvalue weighted by Crippen LogP contribution is 2.32. The smallest absolute Gasteiger partial charge is 0.223 e. The fourth-order valence-electron chi connectivity index (χ4n) is 2.64. The first-order chi connectivity index (χ1) is 8.98. The van der Waals surface area contributed by atoms with Crippen molar-refractivity contribution in [3.05, 3.63) is 0 Å². The van der Waals surface area contributed by atoms with Gasteiger partial charge in [-0.05, 0) is 39.5 Å². The van der Waals surface area contributed by atoms with Crippen LogP contribution in [0.5, 0.6) is 0 Å². The number of rotatable bonds is 6. The molecule has 1 amide bonds. The highest BCUT2D eigenvalue weighted by atomic mass is 16.5. The number of ether oxygens (including phenoxy) is 1. The van der Waals surface area contributed by atoms with E-state index in [1.54, 1.807) is 0 Å². The molecule has 1 fully saturated rings. The summed E-state index contributed by atoms with van der Waals surface area (Å²) < 4.78 is 5.36. The average molecular weight is 266 g/mol. The summed E-state index contributed by atoms with van der Waals surface area (Å²) in [4.78, 5) is 11.9. The lowest BCUT2D eigenvalue weighted by Crippen LogP contribution is -2.51. The lowest BCUT2D eigenvalue weighted by atomic mass is 9.76. The van der Waals surface area contributed by atoms with Gasteiger partial charge in [0.05, 0.1) is 25.2 Å². The van der Waals surface area contributed by atoms with Crippen LogP contribution in [0.3, 0.4) is 0 Å². The molecular formula is C15H26N2O2. The van der Waals surface area contributed by atoms with Crippen molar-refractivity contribution in [3.63, 3.8) is 0 Å². The van der Waals surface area contributed by atoms with Crippen LogP contribution in [-0.4, -0.2) is 24.2 Å². The molecule has 1 N–H and O–H groups in total. The number of nitrogens with one attached hydrogen (secondary N) is 1. The number of hydrogen-bond acceptors (Lipinski definition) is 3. The summed E-state index contributed by atoms with van der Waals surface area (Å²) >= 11 is 0. The van der Waals surface area contributed by atoms with E-state index in [2.05, 4.69) is 11.4 Å². The van der Waals surface area contributed by atoms with Gasteiger partial charge < -0.3 is 10.1 Å². The van der Waals surface area contributed by atoms with Crippen molar-refractivity contribution < 1.29 is 9.53 Å². The Kier molecular flexibility index (Phi) is 6.30. The summed E-state index contributed by atoms with van der Waals surface area (Å²) in [7, 11) is 0. The minimum atomic E-state index is -0.727. The predicted molar refractivity (Wildman–Crippen MR) is 74.4 cm³/mol. The summed E-state index contributed by atoms with van der Waals surface area (Å²) in [6, 6.07) is 2.31. The van der Waals surface area contributed by atoms with Crippen molar-refractivity contribution in [1.29, 1.82) is 5.26 Å². The predicted octanol–water partition coefficient (Wildman–Crippen LogP) is 2.78. The van der Waals surface area contributed by atoms with E-state index < -0.39 is 5.54 Å². The average Bonchev–Trinajstić information content (AvgIpc) is 2.39. The number of carbonyl (C=O) groups excluding carboxylic acids is 1. The highest BCUT2D eigenvalue weighted by molar-refractivity contribution is 5.77. The number of hydrogen-bond donors (Lipinski definition) is 1. The van der Waals surface area contributed by atoms with Crippen LogP contribution >= 0.6 is 0 Å². The van der Waals surface area contributed by atoms with Gasteiger partial charge in [-0.2, -0.15) is 5.26 Å². The quantitative estimate of drug-likeness (QED) is 0.804. The standard InChI is InChI=1S/C15H26N2O2/c1-12(2)19-10-9-14(18)17-15(3,11-16)13-7-5-4-6-8-13/h12-13H,4-10H2,1-3H3,(H,17,18). The molecule has 0 radical (unpaired) electrons. The normalized spacial score (nSPS) is 19.7. The zero-order valence-electron chi connectivity index (χ0n) is 12.4. The Morgan fingerprint density at radius 1 is 1.42 bits per heavy atom. The fraction of sp³-hybridized carbons (Fsp3) is 0.867. The van der Waals surface area contributed by atoms with Crippen molar-refractivity contribution in [3.8, 4) is 6.07 Å². The van der Waals surface area contributed by atoms with Crippen LogP contribution in [0.25, 0.3) is 0 Å². The number of carbonyl (C=O) groups is 1. The van der Waals surface area contributed by atoms with Crippen molar-refractivity contribution in [1.82, 2.24) is 5.32 Å². The van der Waals surface area contributed by atoms with E-state index in [9.17, 15) is 10.1 Å². The fourth-order valence-corrected chi connectivity index (χ4v) is 2.64. The first-order valence-electron chi connectivity index (χ1n) is 7.32. The van der Waals surface area contributed by atoms with Crippen LogP contribution in [0.4, 0.5) is 0 Å². The Morgan fingerprint density at radius 3 is 2.58 bits per heavy atom. The molecule has 1 atom stereocenters. The van der Waals surface area contributed by atoms with E-state index >= 15 is 0 Å². The van der Waals surface area contributed by atoms with Gasteiger partial charge in [-0.1, -0.05) is 19.3 Å². The van der Waals surface area contributed by atoms with Crippen LogP contribution in [-0.2, 0) is 9.53 Å². The molecular weight excluding hydrogens is 240 g/mol. The minimum absolute atomic E-state index is 0.0877. The summed E-state index contributed by atoms with van der Waals surface area (Å²) in [5.74, 6) is 0.191. The minimum Gasteiger partial charge on any atom is -0.378 e. The summed E-state index contributed by atoms with van der Waals surface area (Å²) in [6.45, 7) is 6.15. The van der Waals surface area contributed by atoms with Gasteiger partial charge in [-0.3, -0.25) is 4.79 Å². The van der Waals surface area contributed by atoms with Crippen LogP contribution in [0, 0.1) is 17.2 Å². The van der Waals surface area contributed by atoms with Crippen molar-refractivity contribution >= 4 is 5.91 Å². The third-order valence-corrected chi connectivity index (χ3v) is 3.83. The van der Waals surface area contributed by atoms with Crippen molar-refractivity contribution in [2.24, 2.45) is 5.92 Å². The lowest BCUT2D eigenvalue weighted by molar-refractivity contribution is -0.124. The molecule has 4 heteroatoms. The molecule has 0 aromatic rings. The first-order valence-corrected chi connectivity index (χ1v) is 7.32. The third kappa shape index (κ3) is 5.20. The van der Waals surface area contributed by atoms with Crippen molar-refractivity contribution in [2.45, 2.75) is 70.9 Å². The molecule has 0 saturated heterocycles. The van der Waals surface area contributed by atoms with Gasteiger partial charge in [0.1, 0.15) is 5.54 Å². The topological polar surface area (TPSA) is 62.1 Å². The van der Waals surface area contributed by atoms with E-state index in [-0.39, 0.29) is 17.9 Å². The molecule has 4 nitrogen and oxygen atoms in total. The SMILES string of the molecule is CC(C)OCCC(=O)NC(C)(C#N)C1CCCCC1. The van der Waals surface area contributed by atoms with Gasteiger partial charge in [0.25, 0.3) is 0 Å². The van der Waals surface area contributed by atoms with Crippen LogP contribution in [0.1, 0.15) is 59.3 Å². The van der Waals surface area contributed by atoms with Gasteiger partial charge in [0, 0.05) is 0 Å². The number of nitriles is 1. The summed E-state index contributed by atoms with van der Waals surface area (Å²) in [5, 5.41) is 12.3. The molecule has 1 unspecified atom stereocenters. The van der Waals surface area contributed by atoms with Crippen LogP contribution in [0.2, 0.25) is 0 Å². The van der Waals surface area contributed by atoms with E-state index in [1.165, 1.54) is 6.42 Å². The molecule has 0 aliphatic heterocycles.